The van der Waals surface area contributed by atoms with Crippen LogP contribution in [0.3, 0.4) is 0 Å². The molecule has 0 N–H and O–H groups in total. The van der Waals surface area contributed by atoms with E-state index in [0.29, 0.717) is 18.4 Å². The van der Waals surface area contributed by atoms with Gasteiger partial charge in [0, 0.05) is 37.5 Å². The number of benzene rings is 1. The molecule has 1 aliphatic rings. The van der Waals surface area contributed by atoms with E-state index in [1.54, 1.807) is 6.92 Å². The number of terminal acetylenes is 1. The van der Waals surface area contributed by atoms with Crippen LogP contribution in [0.4, 0.5) is 5.69 Å². The summed E-state index contributed by atoms with van der Waals surface area (Å²) < 4.78 is 10.7. The zero-order valence-electron chi connectivity index (χ0n) is 13.9. The number of nitro benzene ring substituents is 1. The fourth-order valence-electron chi connectivity index (χ4n) is 2.63. The molecule has 130 valence electrons. The average molecular weight is 343 g/mol. The molecule has 7 nitrogen and oxygen atoms in total. The van der Waals surface area contributed by atoms with Gasteiger partial charge in [0.2, 0.25) is 0 Å². The molecule has 0 spiro atoms. The number of hydrogen-bond acceptors (Lipinski definition) is 6. The molecule has 0 fully saturated rings. The van der Waals surface area contributed by atoms with Crippen molar-refractivity contribution in [2.45, 2.75) is 38.9 Å². The van der Waals surface area contributed by atoms with E-state index in [-0.39, 0.29) is 11.3 Å². The molecule has 0 heterocycles. The number of nitrogens with zero attached hydrogens (tertiary/aromatic N) is 1. The molecule has 1 aliphatic carbocycles. The molecular formula is C18H17NO6. The number of hydrogen-bond donors (Lipinski definition) is 0. The maximum atomic E-state index is 12.3. The number of carbonyl (C=O) groups is 2. The quantitative estimate of drug-likeness (QED) is 0.361. The topological polar surface area (TPSA) is 95.7 Å². The Bertz CT molecular complexity index is 772. The van der Waals surface area contributed by atoms with Crippen LogP contribution in [0.1, 0.15) is 37.0 Å². The van der Waals surface area contributed by atoms with Crippen molar-refractivity contribution in [1.29, 1.82) is 0 Å². The average Bonchev–Trinajstić information content (AvgIpc) is 2.57. The molecule has 0 aromatic heterocycles. The van der Waals surface area contributed by atoms with Crippen LogP contribution in [-0.4, -0.2) is 29.1 Å². The van der Waals surface area contributed by atoms with Crippen molar-refractivity contribution in [3.63, 3.8) is 0 Å². The van der Waals surface area contributed by atoms with Crippen molar-refractivity contribution in [1.82, 2.24) is 0 Å². The van der Waals surface area contributed by atoms with Gasteiger partial charge in [-0.25, -0.2) is 4.79 Å². The Kier molecular flexibility index (Phi) is 5.55. The van der Waals surface area contributed by atoms with Crippen molar-refractivity contribution in [2.24, 2.45) is 0 Å². The standard InChI is InChI=1S/C18H17NO6/c1-4-13-9-16(24-12(3)20)10-17(11(13)2)25-18(21)14-5-7-15(8-6-14)19(22)23/h1,5-8,16-17H,9-10H2,2-3H3/t16-,17-/m0/s1. The van der Waals surface area contributed by atoms with Crippen LogP contribution in [0.2, 0.25) is 0 Å². The van der Waals surface area contributed by atoms with Gasteiger partial charge in [0.25, 0.3) is 5.69 Å². The largest absolute Gasteiger partial charge is 0.462 e. The van der Waals surface area contributed by atoms with Gasteiger partial charge in [-0.2, -0.15) is 0 Å². The second-order valence-corrected chi connectivity index (χ2v) is 5.68. The van der Waals surface area contributed by atoms with E-state index in [2.05, 4.69) is 5.92 Å². The van der Waals surface area contributed by atoms with E-state index in [4.69, 9.17) is 15.9 Å². The van der Waals surface area contributed by atoms with Gasteiger partial charge in [0.1, 0.15) is 12.2 Å². The summed E-state index contributed by atoms with van der Waals surface area (Å²) in [6.07, 6.45) is 5.13. The van der Waals surface area contributed by atoms with E-state index >= 15 is 0 Å². The summed E-state index contributed by atoms with van der Waals surface area (Å²) in [4.78, 5) is 33.6. The summed E-state index contributed by atoms with van der Waals surface area (Å²) >= 11 is 0. The van der Waals surface area contributed by atoms with Crippen LogP contribution in [0.15, 0.2) is 35.4 Å². The van der Waals surface area contributed by atoms with E-state index < -0.39 is 29.1 Å². The third-order valence-electron chi connectivity index (χ3n) is 3.94. The Morgan fingerprint density at radius 1 is 1.28 bits per heavy atom. The first-order valence-corrected chi connectivity index (χ1v) is 7.60. The first kappa shape index (κ1) is 18.2. The second kappa shape index (κ2) is 7.62. The first-order chi connectivity index (χ1) is 11.8. The smallest absolute Gasteiger partial charge is 0.338 e. The van der Waals surface area contributed by atoms with Crippen LogP contribution in [0.5, 0.6) is 0 Å². The molecule has 0 bridgehead atoms. The van der Waals surface area contributed by atoms with E-state index in [9.17, 15) is 19.7 Å². The maximum absolute atomic E-state index is 12.3. The van der Waals surface area contributed by atoms with Gasteiger partial charge >= 0.3 is 11.9 Å². The number of non-ortho nitro benzene ring substituents is 1. The molecule has 7 heteroatoms. The van der Waals surface area contributed by atoms with Gasteiger partial charge < -0.3 is 9.47 Å². The van der Waals surface area contributed by atoms with Crippen molar-refractivity contribution in [2.75, 3.05) is 0 Å². The van der Waals surface area contributed by atoms with Crippen molar-refractivity contribution >= 4 is 17.6 Å². The molecule has 2 rings (SSSR count). The highest BCUT2D eigenvalue weighted by molar-refractivity contribution is 5.90. The normalized spacial score (nSPS) is 19.7. The molecule has 1 aromatic rings. The number of rotatable bonds is 4. The molecule has 0 unspecified atom stereocenters. The van der Waals surface area contributed by atoms with Crippen molar-refractivity contribution < 1.29 is 24.0 Å². The zero-order chi connectivity index (χ0) is 18.6. The number of ether oxygens (including phenoxy) is 2. The highest BCUT2D eigenvalue weighted by Crippen LogP contribution is 2.29. The number of esters is 2. The first-order valence-electron chi connectivity index (χ1n) is 7.60. The lowest BCUT2D eigenvalue weighted by molar-refractivity contribution is -0.384. The lowest BCUT2D eigenvalue weighted by Crippen LogP contribution is -2.32. The molecule has 0 radical (unpaired) electrons. The second-order valence-electron chi connectivity index (χ2n) is 5.68. The van der Waals surface area contributed by atoms with Crippen LogP contribution in [0.25, 0.3) is 0 Å². The van der Waals surface area contributed by atoms with Crippen molar-refractivity contribution in [3.8, 4) is 12.3 Å². The summed E-state index contributed by atoms with van der Waals surface area (Å²) in [7, 11) is 0. The van der Waals surface area contributed by atoms with Gasteiger partial charge in [0.15, 0.2) is 0 Å². The zero-order valence-corrected chi connectivity index (χ0v) is 13.9. The summed E-state index contributed by atoms with van der Waals surface area (Å²) in [5.74, 6) is 1.49. The highest BCUT2D eigenvalue weighted by Gasteiger charge is 2.31. The lowest BCUT2D eigenvalue weighted by Gasteiger charge is -2.30. The molecule has 2 atom stereocenters. The van der Waals surface area contributed by atoms with Crippen LogP contribution in [0, 0.1) is 22.5 Å². The van der Waals surface area contributed by atoms with E-state index in [1.165, 1.54) is 31.2 Å². The molecule has 25 heavy (non-hydrogen) atoms. The monoisotopic (exact) mass is 343 g/mol. The minimum absolute atomic E-state index is 0.116. The predicted octanol–water partition coefficient (Wildman–Crippen LogP) is 2.80. The van der Waals surface area contributed by atoms with Crippen LogP contribution >= 0.6 is 0 Å². The third-order valence-corrected chi connectivity index (χ3v) is 3.94. The third kappa shape index (κ3) is 4.44. The van der Waals surface area contributed by atoms with Gasteiger partial charge in [-0.15, -0.1) is 6.42 Å². The fraction of sp³-hybridized carbons (Fsp3) is 0.333. The Morgan fingerprint density at radius 2 is 1.92 bits per heavy atom. The lowest BCUT2D eigenvalue weighted by atomic mass is 9.88. The predicted molar refractivity (Wildman–Crippen MR) is 88.6 cm³/mol. The molecule has 0 aliphatic heterocycles. The SMILES string of the molecule is C#CC1=C(C)[C@@H](OC(=O)c2ccc([N+](=O)[O-])cc2)C[C@@H](OC(C)=O)C1. The summed E-state index contributed by atoms with van der Waals surface area (Å²) in [5, 5.41) is 10.7. The van der Waals surface area contributed by atoms with Crippen LogP contribution in [-0.2, 0) is 14.3 Å². The summed E-state index contributed by atoms with van der Waals surface area (Å²) in [5.41, 5.74) is 1.45. The minimum atomic E-state index is -0.626. The van der Waals surface area contributed by atoms with Gasteiger partial charge in [0.05, 0.1) is 10.5 Å². The Balaban J connectivity index is 2.16. The number of nitro groups is 1. The molecule has 0 saturated carbocycles. The summed E-state index contributed by atoms with van der Waals surface area (Å²) in [6, 6.07) is 5.12. The van der Waals surface area contributed by atoms with E-state index in [1.807, 2.05) is 0 Å². The maximum Gasteiger partial charge on any atom is 0.338 e. The number of carbonyl (C=O) groups excluding carboxylic acids is 2. The molecule has 1 aromatic carbocycles. The van der Waals surface area contributed by atoms with Crippen LogP contribution < -0.4 is 0 Å². The van der Waals surface area contributed by atoms with Gasteiger partial charge in [-0.05, 0) is 24.6 Å². The van der Waals surface area contributed by atoms with Gasteiger partial charge in [-0.3, -0.25) is 14.9 Å². The Labute approximate surface area is 144 Å². The molecular weight excluding hydrogens is 326 g/mol. The Morgan fingerprint density at radius 3 is 2.44 bits per heavy atom. The molecule has 0 amide bonds. The highest BCUT2D eigenvalue weighted by atomic mass is 16.6. The summed E-state index contributed by atoms with van der Waals surface area (Å²) in [6.45, 7) is 3.07. The fourth-order valence-corrected chi connectivity index (χ4v) is 2.63. The molecule has 0 saturated heterocycles. The Hall–Kier alpha value is -3.14. The van der Waals surface area contributed by atoms with Gasteiger partial charge in [-0.1, -0.05) is 5.92 Å². The minimum Gasteiger partial charge on any atom is -0.462 e. The van der Waals surface area contributed by atoms with E-state index in [0.717, 1.165) is 5.57 Å². The van der Waals surface area contributed by atoms with Crippen molar-refractivity contribution in [3.05, 3.63) is 51.1 Å².